The highest BCUT2D eigenvalue weighted by Gasteiger charge is 2.32. The van der Waals surface area contributed by atoms with Crippen molar-refractivity contribution in [3.8, 4) is 0 Å². The minimum absolute atomic E-state index is 0.250. The maximum atomic E-state index is 6.17. The van der Waals surface area contributed by atoms with Crippen LogP contribution in [0.25, 0.3) is 5.57 Å². The summed E-state index contributed by atoms with van der Waals surface area (Å²) in [5.74, 6) is 0.842. The first-order chi connectivity index (χ1) is 10.3. The van der Waals surface area contributed by atoms with Gasteiger partial charge in [-0.3, -0.25) is 4.99 Å². The van der Waals surface area contributed by atoms with Crippen molar-refractivity contribution in [1.82, 2.24) is 4.90 Å². The highest BCUT2D eigenvalue weighted by atomic mass is 35.5. The lowest BCUT2D eigenvalue weighted by Crippen LogP contribution is -2.45. The molecule has 0 N–H and O–H groups in total. The summed E-state index contributed by atoms with van der Waals surface area (Å²) >= 11 is 7.88. The second-order valence-electron chi connectivity index (χ2n) is 6.07. The molecule has 118 valence electrons. The van der Waals surface area contributed by atoms with Gasteiger partial charge in [-0.25, -0.2) is 0 Å². The average molecular weight is 335 g/mol. The molecule has 1 heterocycles. The van der Waals surface area contributed by atoms with Crippen molar-refractivity contribution in [2.75, 3.05) is 5.75 Å². The summed E-state index contributed by atoms with van der Waals surface area (Å²) in [6, 6.07) is 8.33. The summed E-state index contributed by atoms with van der Waals surface area (Å²) < 4.78 is 0. The first-order valence-electron chi connectivity index (χ1n) is 7.45. The van der Waals surface area contributed by atoms with Crippen molar-refractivity contribution in [3.05, 3.63) is 53.7 Å². The lowest BCUT2D eigenvalue weighted by atomic mass is 10.0. The molecule has 0 unspecified atom stereocenters. The van der Waals surface area contributed by atoms with E-state index in [1.54, 1.807) is 11.8 Å². The molecule has 0 saturated carbocycles. The Hall–Kier alpha value is -1.19. The Labute approximate surface area is 143 Å². The van der Waals surface area contributed by atoms with Gasteiger partial charge in [0.1, 0.15) is 10.7 Å². The largest absolute Gasteiger partial charge is 0.351 e. The number of hydrogen-bond acceptors (Lipinski definition) is 3. The molecule has 1 aliphatic rings. The number of rotatable bonds is 4. The molecule has 0 bridgehead atoms. The summed E-state index contributed by atoms with van der Waals surface area (Å²) in [5, 5.41) is 1.79. The molecule has 1 aromatic rings. The second kappa shape index (κ2) is 6.93. The Morgan fingerprint density at radius 2 is 2.14 bits per heavy atom. The number of halogens is 1. The van der Waals surface area contributed by atoms with Crippen LogP contribution >= 0.6 is 23.4 Å². The van der Waals surface area contributed by atoms with E-state index in [9.17, 15) is 0 Å². The van der Waals surface area contributed by atoms with E-state index in [2.05, 4.69) is 51.4 Å². The van der Waals surface area contributed by atoms with Crippen LogP contribution in [0.5, 0.6) is 0 Å². The molecule has 0 saturated heterocycles. The van der Waals surface area contributed by atoms with Crippen molar-refractivity contribution in [2.24, 2.45) is 4.99 Å². The summed E-state index contributed by atoms with van der Waals surface area (Å²) in [4.78, 5) is 7.28. The molecule has 4 heteroatoms. The fraction of sp³-hybridized carbons (Fsp3) is 0.389. The zero-order valence-corrected chi connectivity index (χ0v) is 15.2. The van der Waals surface area contributed by atoms with Crippen molar-refractivity contribution < 1.29 is 0 Å². The maximum Gasteiger partial charge on any atom is 0.127 e. The van der Waals surface area contributed by atoms with E-state index < -0.39 is 0 Å². The van der Waals surface area contributed by atoms with Gasteiger partial charge in [-0.15, -0.1) is 18.3 Å². The number of aliphatic imine (C=N–C) groups is 1. The molecule has 0 spiro atoms. The van der Waals surface area contributed by atoms with E-state index in [1.807, 2.05) is 24.3 Å². The van der Waals surface area contributed by atoms with Crippen LogP contribution in [-0.2, 0) is 0 Å². The van der Waals surface area contributed by atoms with Gasteiger partial charge in [0, 0.05) is 28.6 Å². The molecule has 0 aromatic heterocycles. The Bertz CT molecular complexity index is 617. The second-order valence-corrected chi connectivity index (χ2v) is 7.51. The summed E-state index contributed by atoms with van der Waals surface area (Å²) in [6.45, 7) is 12.5. The Kier molecular flexibility index (Phi) is 5.41. The first-order valence-corrected chi connectivity index (χ1v) is 8.81. The first kappa shape index (κ1) is 17.2. The maximum absolute atomic E-state index is 6.17. The van der Waals surface area contributed by atoms with Gasteiger partial charge in [0.15, 0.2) is 0 Å². The van der Waals surface area contributed by atoms with E-state index in [0.29, 0.717) is 6.04 Å². The predicted octanol–water partition coefficient (Wildman–Crippen LogP) is 5.46. The number of benzene rings is 1. The Balaban J connectivity index is 2.49. The van der Waals surface area contributed by atoms with Crippen molar-refractivity contribution >= 4 is 34.0 Å². The third-order valence-electron chi connectivity index (χ3n) is 3.54. The van der Waals surface area contributed by atoms with Gasteiger partial charge in [-0.2, -0.15) is 0 Å². The van der Waals surface area contributed by atoms with Gasteiger partial charge < -0.3 is 4.90 Å². The summed E-state index contributed by atoms with van der Waals surface area (Å²) in [7, 11) is 0. The third kappa shape index (κ3) is 3.76. The van der Waals surface area contributed by atoms with Crippen molar-refractivity contribution in [2.45, 2.75) is 39.4 Å². The van der Waals surface area contributed by atoms with Gasteiger partial charge in [-0.1, -0.05) is 29.8 Å². The number of nitrogens with zero attached hydrogens (tertiary/aromatic N) is 2. The third-order valence-corrected chi connectivity index (χ3v) is 4.76. The van der Waals surface area contributed by atoms with E-state index in [4.69, 9.17) is 16.6 Å². The zero-order valence-electron chi connectivity index (χ0n) is 13.6. The van der Waals surface area contributed by atoms with Gasteiger partial charge in [0.05, 0.1) is 0 Å². The molecule has 0 aliphatic carbocycles. The van der Waals surface area contributed by atoms with Crippen molar-refractivity contribution in [1.29, 1.82) is 0 Å². The van der Waals surface area contributed by atoms with Crippen LogP contribution < -0.4 is 0 Å². The molecule has 0 amide bonds. The van der Waals surface area contributed by atoms with E-state index >= 15 is 0 Å². The number of thioether (sulfide) groups is 1. The highest BCUT2D eigenvalue weighted by molar-refractivity contribution is 8.15. The predicted molar refractivity (Wildman–Crippen MR) is 101 cm³/mol. The average Bonchev–Trinajstić information content (AvgIpc) is 2.43. The lowest BCUT2D eigenvalue weighted by Gasteiger charge is -2.42. The lowest BCUT2D eigenvalue weighted by molar-refractivity contribution is 0.154. The van der Waals surface area contributed by atoms with E-state index in [-0.39, 0.29) is 5.66 Å². The normalized spacial score (nSPS) is 17.3. The molecule has 0 fully saturated rings. The van der Waals surface area contributed by atoms with E-state index in [0.717, 1.165) is 27.0 Å². The molecule has 0 atom stereocenters. The molecule has 1 aliphatic heterocycles. The Morgan fingerprint density at radius 1 is 1.41 bits per heavy atom. The quantitative estimate of drug-likeness (QED) is 0.679. The molecule has 2 rings (SSSR count). The van der Waals surface area contributed by atoms with Crippen LogP contribution in [0.2, 0.25) is 5.02 Å². The summed E-state index contributed by atoms with van der Waals surface area (Å²) in [5.41, 5.74) is 1.98. The zero-order chi connectivity index (χ0) is 16.3. The molecule has 1 aromatic carbocycles. The fourth-order valence-electron chi connectivity index (χ4n) is 2.60. The van der Waals surface area contributed by atoms with Crippen LogP contribution in [0.4, 0.5) is 0 Å². The summed E-state index contributed by atoms with van der Waals surface area (Å²) in [6.07, 6.45) is 4.12. The molecular weight excluding hydrogens is 312 g/mol. The molecular formula is C18H23ClN2S. The standard InChI is InChI=1S/C18H23ClN2S/c1-6-10-22-17-16(14-8-7-9-15(19)11-14)12-21(13(2)3)18(4,5)20-17/h6-9,11-13H,1,10H2,2-5H3. The molecule has 2 nitrogen and oxygen atoms in total. The van der Waals surface area contributed by atoms with Crippen LogP contribution in [0.3, 0.4) is 0 Å². The van der Waals surface area contributed by atoms with Crippen LogP contribution in [-0.4, -0.2) is 27.4 Å². The van der Waals surface area contributed by atoms with Crippen LogP contribution in [0.1, 0.15) is 33.3 Å². The van der Waals surface area contributed by atoms with Gasteiger partial charge in [-0.05, 0) is 45.4 Å². The monoisotopic (exact) mass is 334 g/mol. The van der Waals surface area contributed by atoms with Crippen molar-refractivity contribution in [3.63, 3.8) is 0 Å². The Morgan fingerprint density at radius 3 is 2.73 bits per heavy atom. The van der Waals surface area contributed by atoms with Crippen LogP contribution in [0.15, 0.2) is 48.1 Å². The minimum Gasteiger partial charge on any atom is -0.351 e. The highest BCUT2D eigenvalue weighted by Crippen LogP contribution is 2.35. The van der Waals surface area contributed by atoms with Crippen LogP contribution in [0, 0.1) is 0 Å². The topological polar surface area (TPSA) is 15.6 Å². The number of hydrogen-bond donors (Lipinski definition) is 0. The smallest absolute Gasteiger partial charge is 0.127 e. The van der Waals surface area contributed by atoms with Gasteiger partial charge in [0.2, 0.25) is 0 Å². The van der Waals surface area contributed by atoms with Gasteiger partial charge in [0.25, 0.3) is 0 Å². The van der Waals surface area contributed by atoms with E-state index in [1.165, 1.54) is 0 Å². The fourth-order valence-corrected chi connectivity index (χ4v) is 3.68. The molecule has 22 heavy (non-hydrogen) atoms. The van der Waals surface area contributed by atoms with Gasteiger partial charge >= 0.3 is 0 Å². The minimum atomic E-state index is -0.250. The molecule has 0 radical (unpaired) electrons. The SMILES string of the molecule is C=CCSC1=NC(C)(C)N(C(C)C)C=C1c1cccc(Cl)c1.